The van der Waals surface area contributed by atoms with E-state index in [1.165, 1.54) is 6.33 Å². The number of nitrogens with zero attached hydrogens (tertiary/aromatic N) is 2. The smallest absolute Gasteiger partial charge is 0.204 e. The lowest BCUT2D eigenvalue weighted by Crippen LogP contribution is -2.22. The second kappa shape index (κ2) is 6.56. The molecular formula is C13H22N4O2. The Morgan fingerprint density at radius 3 is 2.63 bits per heavy atom. The molecule has 1 fully saturated rings. The topological polar surface area (TPSA) is 79.3 Å². The third-order valence-corrected chi connectivity index (χ3v) is 3.20. The molecule has 0 amide bonds. The zero-order valence-electron chi connectivity index (χ0n) is 11.5. The van der Waals surface area contributed by atoms with Crippen molar-refractivity contribution in [3.05, 3.63) is 6.33 Å². The van der Waals surface area contributed by atoms with Crippen LogP contribution in [0.3, 0.4) is 0 Å². The van der Waals surface area contributed by atoms with Crippen LogP contribution in [-0.4, -0.2) is 41.4 Å². The molecular weight excluding hydrogens is 244 g/mol. The summed E-state index contributed by atoms with van der Waals surface area (Å²) >= 11 is 0. The van der Waals surface area contributed by atoms with E-state index in [1.54, 1.807) is 7.11 Å². The largest absolute Gasteiger partial charge is 0.490 e. The summed E-state index contributed by atoms with van der Waals surface area (Å²) in [6, 6.07) is 0. The molecule has 0 aliphatic heterocycles. The van der Waals surface area contributed by atoms with Crippen molar-refractivity contribution in [2.75, 3.05) is 30.8 Å². The van der Waals surface area contributed by atoms with E-state index in [-0.39, 0.29) is 6.10 Å². The third-order valence-electron chi connectivity index (χ3n) is 3.20. The maximum absolute atomic E-state index is 9.86. The fourth-order valence-corrected chi connectivity index (χ4v) is 1.91. The monoisotopic (exact) mass is 266 g/mol. The van der Waals surface area contributed by atoms with Crippen molar-refractivity contribution >= 4 is 11.6 Å². The second-order valence-corrected chi connectivity index (χ2v) is 4.82. The van der Waals surface area contributed by atoms with Gasteiger partial charge in [-0.3, -0.25) is 0 Å². The summed E-state index contributed by atoms with van der Waals surface area (Å²) in [6.07, 6.45) is 4.43. The Balaban J connectivity index is 2.01. The van der Waals surface area contributed by atoms with Gasteiger partial charge in [-0.15, -0.1) is 0 Å². The molecule has 1 saturated carbocycles. The first kappa shape index (κ1) is 13.9. The molecule has 19 heavy (non-hydrogen) atoms. The van der Waals surface area contributed by atoms with Crippen LogP contribution in [0.4, 0.5) is 11.6 Å². The summed E-state index contributed by atoms with van der Waals surface area (Å²) < 4.78 is 5.35. The summed E-state index contributed by atoms with van der Waals surface area (Å²) in [7, 11) is 1.60. The maximum Gasteiger partial charge on any atom is 0.204 e. The normalized spacial score (nSPS) is 15.9. The fourth-order valence-electron chi connectivity index (χ4n) is 1.91. The molecule has 1 unspecified atom stereocenters. The van der Waals surface area contributed by atoms with Gasteiger partial charge in [0, 0.05) is 13.1 Å². The highest BCUT2D eigenvalue weighted by Crippen LogP contribution is 2.33. The number of rotatable bonds is 8. The van der Waals surface area contributed by atoms with Gasteiger partial charge in [0.15, 0.2) is 11.6 Å². The van der Waals surface area contributed by atoms with Crippen LogP contribution in [0.1, 0.15) is 26.2 Å². The number of aliphatic hydroxyl groups is 1. The minimum absolute atomic E-state index is 0.313. The van der Waals surface area contributed by atoms with Gasteiger partial charge in [-0.1, -0.05) is 6.92 Å². The first-order valence-electron chi connectivity index (χ1n) is 6.81. The summed E-state index contributed by atoms with van der Waals surface area (Å²) in [5.74, 6) is 2.34. The van der Waals surface area contributed by atoms with Crippen LogP contribution in [0.5, 0.6) is 5.75 Å². The van der Waals surface area contributed by atoms with Crippen LogP contribution in [-0.2, 0) is 0 Å². The highest BCUT2D eigenvalue weighted by atomic mass is 16.5. The minimum atomic E-state index is -0.313. The first-order chi connectivity index (χ1) is 9.26. The van der Waals surface area contributed by atoms with Gasteiger partial charge in [0.1, 0.15) is 6.33 Å². The number of hydrogen-bond acceptors (Lipinski definition) is 6. The molecule has 0 saturated heterocycles. The van der Waals surface area contributed by atoms with Gasteiger partial charge >= 0.3 is 0 Å². The van der Waals surface area contributed by atoms with E-state index in [1.807, 2.05) is 0 Å². The Morgan fingerprint density at radius 1 is 1.37 bits per heavy atom. The standard InChI is InChI=1S/C13H22N4O2/c1-3-6-14-12-11(19-2)13(17-8-16-12)15-7-10(18)9-4-5-9/h8-10,18H,3-7H2,1-2H3,(H2,14,15,16,17). The number of aliphatic hydroxyl groups excluding tert-OH is 1. The zero-order chi connectivity index (χ0) is 13.7. The molecule has 1 heterocycles. The number of aromatic nitrogens is 2. The number of anilines is 2. The van der Waals surface area contributed by atoms with Crippen molar-refractivity contribution in [3.8, 4) is 5.75 Å². The predicted octanol–water partition coefficient (Wildman–Crippen LogP) is 1.49. The van der Waals surface area contributed by atoms with Crippen molar-refractivity contribution in [3.63, 3.8) is 0 Å². The lowest BCUT2D eigenvalue weighted by Gasteiger charge is -2.15. The third kappa shape index (κ3) is 3.70. The molecule has 6 heteroatoms. The Labute approximate surface area is 113 Å². The van der Waals surface area contributed by atoms with Crippen LogP contribution >= 0.6 is 0 Å². The highest BCUT2D eigenvalue weighted by molar-refractivity contribution is 5.63. The Bertz CT molecular complexity index is 410. The van der Waals surface area contributed by atoms with Crippen molar-refractivity contribution in [2.45, 2.75) is 32.3 Å². The van der Waals surface area contributed by atoms with E-state index in [4.69, 9.17) is 4.74 Å². The molecule has 0 bridgehead atoms. The Hall–Kier alpha value is -1.56. The molecule has 1 aromatic rings. The number of methoxy groups -OCH3 is 1. The second-order valence-electron chi connectivity index (χ2n) is 4.82. The van der Waals surface area contributed by atoms with Gasteiger partial charge in [-0.05, 0) is 25.2 Å². The van der Waals surface area contributed by atoms with Crippen LogP contribution in [0, 0.1) is 5.92 Å². The van der Waals surface area contributed by atoms with Crippen molar-refractivity contribution < 1.29 is 9.84 Å². The highest BCUT2D eigenvalue weighted by Gasteiger charge is 2.29. The van der Waals surface area contributed by atoms with E-state index in [0.29, 0.717) is 29.8 Å². The van der Waals surface area contributed by atoms with Crippen LogP contribution in [0.25, 0.3) is 0 Å². The summed E-state index contributed by atoms with van der Waals surface area (Å²) in [5, 5.41) is 16.2. The number of ether oxygens (including phenoxy) is 1. The Kier molecular flexibility index (Phi) is 4.79. The summed E-state index contributed by atoms with van der Waals surface area (Å²) in [5.41, 5.74) is 0. The Morgan fingerprint density at radius 2 is 2.05 bits per heavy atom. The number of nitrogens with one attached hydrogen (secondary N) is 2. The average molecular weight is 266 g/mol. The van der Waals surface area contributed by atoms with Crippen molar-refractivity contribution in [1.82, 2.24) is 9.97 Å². The van der Waals surface area contributed by atoms with Gasteiger partial charge in [-0.25, -0.2) is 9.97 Å². The van der Waals surface area contributed by atoms with Crippen LogP contribution in [0.15, 0.2) is 6.33 Å². The lowest BCUT2D eigenvalue weighted by atomic mass is 10.2. The summed E-state index contributed by atoms with van der Waals surface area (Å²) in [4.78, 5) is 8.34. The maximum atomic E-state index is 9.86. The molecule has 1 atom stereocenters. The minimum Gasteiger partial charge on any atom is -0.490 e. The van der Waals surface area contributed by atoms with Gasteiger partial charge in [0.05, 0.1) is 13.2 Å². The first-order valence-corrected chi connectivity index (χ1v) is 6.81. The van der Waals surface area contributed by atoms with Crippen molar-refractivity contribution in [1.29, 1.82) is 0 Å². The molecule has 0 radical (unpaired) electrons. The van der Waals surface area contributed by atoms with E-state index in [0.717, 1.165) is 25.8 Å². The molecule has 3 N–H and O–H groups in total. The molecule has 1 aliphatic rings. The zero-order valence-corrected chi connectivity index (χ0v) is 11.5. The summed E-state index contributed by atoms with van der Waals surface area (Å²) in [6.45, 7) is 3.41. The van der Waals surface area contributed by atoms with Gasteiger partial charge in [0.2, 0.25) is 5.75 Å². The van der Waals surface area contributed by atoms with Gasteiger partial charge in [0.25, 0.3) is 0 Å². The van der Waals surface area contributed by atoms with Gasteiger partial charge < -0.3 is 20.5 Å². The molecule has 1 aliphatic carbocycles. The molecule has 2 rings (SSSR count). The quantitative estimate of drug-likeness (QED) is 0.661. The average Bonchev–Trinajstić information content (AvgIpc) is 3.26. The van der Waals surface area contributed by atoms with E-state index in [9.17, 15) is 5.11 Å². The lowest BCUT2D eigenvalue weighted by molar-refractivity contribution is 0.164. The number of hydrogen-bond donors (Lipinski definition) is 3. The van der Waals surface area contributed by atoms with E-state index in [2.05, 4.69) is 27.5 Å². The molecule has 1 aromatic heterocycles. The fraction of sp³-hybridized carbons (Fsp3) is 0.692. The van der Waals surface area contributed by atoms with Gasteiger partial charge in [-0.2, -0.15) is 0 Å². The molecule has 0 spiro atoms. The molecule has 106 valence electrons. The van der Waals surface area contributed by atoms with Crippen LogP contribution < -0.4 is 15.4 Å². The van der Waals surface area contributed by atoms with Crippen LogP contribution in [0.2, 0.25) is 0 Å². The molecule has 6 nitrogen and oxygen atoms in total. The molecule has 0 aromatic carbocycles. The van der Waals surface area contributed by atoms with E-state index >= 15 is 0 Å². The predicted molar refractivity (Wildman–Crippen MR) is 74.6 cm³/mol. The van der Waals surface area contributed by atoms with Crippen molar-refractivity contribution in [2.24, 2.45) is 5.92 Å². The van der Waals surface area contributed by atoms with E-state index < -0.39 is 0 Å². The SMILES string of the molecule is CCCNc1ncnc(NCC(O)C2CC2)c1OC.